The van der Waals surface area contributed by atoms with Gasteiger partial charge in [0, 0.05) is 108 Å². The quantitative estimate of drug-likeness (QED) is 0.113. The van der Waals surface area contributed by atoms with E-state index in [4.69, 9.17) is 20.2 Å². The summed E-state index contributed by atoms with van der Waals surface area (Å²) in [5.41, 5.74) is 6.53. The summed E-state index contributed by atoms with van der Waals surface area (Å²) in [6.07, 6.45) is 2.35. The van der Waals surface area contributed by atoms with E-state index in [1.54, 1.807) is 50.1 Å². The Morgan fingerprint density at radius 1 is 0.855 bits per heavy atom. The van der Waals surface area contributed by atoms with Crippen LogP contribution >= 0.6 is 0 Å². The standard InChI is InChI=1S/C47H82N8O7/c1-15-33(4)43(54(12)46(60)42(32(2)3)49-47(50(6)7)51(8)9)39(61-13)31-41(58)55-26-20-23-37(55)44(62-14)34(5)38(56)30-36(29-35-21-17-16-18-22-35)45(59)53(11)28-27-52(10)40(57)24-19-25-48/h16-18,21-22,32-34,36-37,39,42-44H,15,19-20,23-31,48H2,1-14H3/t33-,34-,36+,37-,39+,42-,43-,44+/m0/s1. The lowest BCUT2D eigenvalue weighted by Gasteiger charge is -2.40. The van der Waals surface area contributed by atoms with Crippen LogP contribution in [0.4, 0.5) is 0 Å². The highest BCUT2D eigenvalue weighted by Gasteiger charge is 2.43. The van der Waals surface area contributed by atoms with Crippen molar-refractivity contribution < 1.29 is 33.4 Å². The Labute approximate surface area is 373 Å². The molecule has 4 amide bonds. The number of likely N-dealkylation sites (N-methyl/N-ethyl adjacent to an activating group) is 3. The molecular weight excluding hydrogens is 789 g/mol. The van der Waals surface area contributed by atoms with Crippen LogP contribution in [-0.2, 0) is 39.9 Å². The first-order chi connectivity index (χ1) is 29.2. The normalized spacial score (nSPS) is 17.3. The zero-order valence-corrected chi connectivity index (χ0v) is 40.6. The molecule has 8 atom stereocenters. The molecular formula is C47H82N8O7. The third-order valence-electron chi connectivity index (χ3n) is 12.6. The highest BCUT2D eigenvalue weighted by atomic mass is 16.5. The molecule has 1 heterocycles. The fourth-order valence-electron chi connectivity index (χ4n) is 8.66. The van der Waals surface area contributed by atoms with Crippen molar-refractivity contribution in [3.8, 4) is 0 Å². The molecule has 1 aromatic carbocycles. The number of likely N-dealkylation sites (tertiary alicyclic amines) is 1. The number of nitrogens with two attached hydrogens (primary N) is 1. The number of hydrogen-bond acceptors (Lipinski definition) is 9. The van der Waals surface area contributed by atoms with Crippen LogP contribution in [0.15, 0.2) is 35.3 Å². The number of carbonyl (C=O) groups is 5. The van der Waals surface area contributed by atoms with Gasteiger partial charge < -0.3 is 44.6 Å². The summed E-state index contributed by atoms with van der Waals surface area (Å²) in [6, 6.07) is 8.24. The number of benzene rings is 1. The summed E-state index contributed by atoms with van der Waals surface area (Å²) in [7, 11) is 16.0. The van der Waals surface area contributed by atoms with Crippen molar-refractivity contribution in [1.29, 1.82) is 0 Å². The van der Waals surface area contributed by atoms with Gasteiger partial charge in [0.15, 0.2) is 5.96 Å². The van der Waals surface area contributed by atoms with Crippen LogP contribution in [0.1, 0.15) is 85.1 Å². The van der Waals surface area contributed by atoms with Crippen molar-refractivity contribution in [1.82, 2.24) is 29.4 Å². The van der Waals surface area contributed by atoms with Gasteiger partial charge in [-0.2, -0.15) is 0 Å². The molecule has 0 aromatic heterocycles. The fraction of sp³-hybridized carbons (Fsp3) is 0.745. The Morgan fingerprint density at radius 2 is 1.47 bits per heavy atom. The second-order valence-corrected chi connectivity index (χ2v) is 18.0. The first kappa shape index (κ1) is 54.1. The van der Waals surface area contributed by atoms with Gasteiger partial charge in [0.1, 0.15) is 11.8 Å². The van der Waals surface area contributed by atoms with E-state index in [2.05, 4.69) is 13.8 Å². The number of guanidine groups is 1. The van der Waals surface area contributed by atoms with Crippen molar-refractivity contribution in [3.05, 3.63) is 35.9 Å². The van der Waals surface area contributed by atoms with Gasteiger partial charge in [-0.15, -0.1) is 0 Å². The predicted octanol–water partition coefficient (Wildman–Crippen LogP) is 3.88. The minimum atomic E-state index is -0.643. The van der Waals surface area contributed by atoms with E-state index in [1.807, 2.05) is 94.0 Å². The van der Waals surface area contributed by atoms with Crippen LogP contribution < -0.4 is 5.73 Å². The lowest BCUT2D eigenvalue weighted by molar-refractivity contribution is -0.146. The van der Waals surface area contributed by atoms with Crippen molar-refractivity contribution >= 4 is 35.4 Å². The third kappa shape index (κ3) is 15.3. The molecule has 1 saturated heterocycles. The van der Waals surface area contributed by atoms with E-state index in [1.165, 1.54) is 0 Å². The molecule has 2 rings (SSSR count). The highest BCUT2D eigenvalue weighted by molar-refractivity contribution is 5.89. The maximum absolute atomic E-state index is 14.4. The average molecular weight is 871 g/mol. The maximum atomic E-state index is 14.4. The zero-order chi connectivity index (χ0) is 46.8. The van der Waals surface area contributed by atoms with Gasteiger partial charge >= 0.3 is 0 Å². The Bertz CT molecular complexity index is 1580. The fourth-order valence-corrected chi connectivity index (χ4v) is 8.66. The molecule has 0 spiro atoms. The van der Waals surface area contributed by atoms with E-state index >= 15 is 0 Å². The Kier molecular flexibility index (Phi) is 23.1. The molecule has 15 nitrogen and oxygen atoms in total. The summed E-state index contributed by atoms with van der Waals surface area (Å²) < 4.78 is 12.2. The monoisotopic (exact) mass is 871 g/mol. The van der Waals surface area contributed by atoms with Gasteiger partial charge in [-0.25, -0.2) is 4.99 Å². The number of rotatable bonds is 25. The van der Waals surface area contributed by atoms with Crippen molar-refractivity contribution in [2.45, 2.75) is 116 Å². The van der Waals surface area contributed by atoms with Gasteiger partial charge in [0.25, 0.3) is 0 Å². The largest absolute Gasteiger partial charge is 0.379 e. The van der Waals surface area contributed by atoms with E-state index in [-0.39, 0.29) is 60.1 Å². The molecule has 1 aliphatic heterocycles. The lowest BCUT2D eigenvalue weighted by Crippen LogP contribution is -2.55. The van der Waals surface area contributed by atoms with E-state index in [0.717, 1.165) is 18.4 Å². The molecule has 62 heavy (non-hydrogen) atoms. The molecule has 2 N–H and O–H groups in total. The molecule has 0 radical (unpaired) electrons. The summed E-state index contributed by atoms with van der Waals surface area (Å²) >= 11 is 0. The highest BCUT2D eigenvalue weighted by Crippen LogP contribution is 2.31. The smallest absolute Gasteiger partial charge is 0.247 e. The molecule has 1 fully saturated rings. The summed E-state index contributed by atoms with van der Waals surface area (Å²) in [4.78, 5) is 85.0. The molecule has 0 unspecified atom stereocenters. The van der Waals surface area contributed by atoms with Crippen molar-refractivity contribution in [3.63, 3.8) is 0 Å². The van der Waals surface area contributed by atoms with Crippen molar-refractivity contribution in [2.75, 3.05) is 89.7 Å². The number of amides is 4. The first-order valence-electron chi connectivity index (χ1n) is 22.6. The maximum Gasteiger partial charge on any atom is 0.247 e. The predicted molar refractivity (Wildman–Crippen MR) is 246 cm³/mol. The van der Waals surface area contributed by atoms with Crippen LogP contribution in [0.5, 0.6) is 0 Å². The van der Waals surface area contributed by atoms with Gasteiger partial charge in [0.05, 0.1) is 30.7 Å². The number of methoxy groups -OCH3 is 2. The third-order valence-corrected chi connectivity index (χ3v) is 12.6. The van der Waals surface area contributed by atoms with E-state index in [9.17, 15) is 24.0 Å². The molecule has 0 saturated carbocycles. The van der Waals surface area contributed by atoms with E-state index < -0.39 is 36.1 Å². The van der Waals surface area contributed by atoms with E-state index in [0.29, 0.717) is 57.8 Å². The topological polar surface area (TPSA) is 162 Å². The lowest BCUT2D eigenvalue weighted by atomic mass is 9.85. The zero-order valence-electron chi connectivity index (χ0n) is 40.6. The van der Waals surface area contributed by atoms with Gasteiger partial charge in [-0.3, -0.25) is 24.0 Å². The summed E-state index contributed by atoms with van der Waals surface area (Å²) in [5.74, 6) is -1.21. The van der Waals surface area contributed by atoms with Crippen LogP contribution in [0, 0.1) is 23.7 Å². The van der Waals surface area contributed by atoms with Gasteiger partial charge in [0.2, 0.25) is 23.6 Å². The number of carbonyl (C=O) groups excluding carboxylic acids is 5. The summed E-state index contributed by atoms with van der Waals surface area (Å²) in [5, 5.41) is 0. The molecule has 352 valence electrons. The second kappa shape index (κ2) is 26.5. The Balaban J connectivity index is 2.33. The molecule has 15 heteroatoms. The van der Waals surface area contributed by atoms with Crippen LogP contribution in [0.3, 0.4) is 0 Å². The molecule has 1 aromatic rings. The van der Waals surface area contributed by atoms with Crippen LogP contribution in [-0.4, -0.2) is 185 Å². The minimum absolute atomic E-state index is 0.000272. The number of Topliss-reactive ketones (excluding diaryl/α,β-unsaturated/α-hetero) is 1. The Morgan fingerprint density at radius 3 is 2.00 bits per heavy atom. The SMILES string of the molecule is CC[C@H](C)[C@@H]([C@@H](CC(=O)N1CCC[C@H]1[C@H](OC)[C@@H](C)C(=O)C[C@@H](Cc1ccccc1)C(=O)N(C)CCN(C)C(=O)CCCN)OC)N(C)C(=O)[C@@H](N=C(N(C)C)N(C)C)C(C)C. The first-order valence-corrected chi connectivity index (χ1v) is 22.6. The number of aliphatic imine (C=N–C) groups is 1. The molecule has 1 aliphatic rings. The van der Waals surface area contributed by atoms with Crippen LogP contribution in [0.2, 0.25) is 0 Å². The molecule has 0 bridgehead atoms. The Hall–Kier alpha value is -4.08. The van der Waals surface area contributed by atoms with Crippen LogP contribution in [0.25, 0.3) is 0 Å². The number of nitrogens with zero attached hydrogens (tertiary/aromatic N) is 7. The minimum Gasteiger partial charge on any atom is -0.379 e. The number of ether oxygens (including phenoxy) is 2. The summed E-state index contributed by atoms with van der Waals surface area (Å²) in [6.45, 7) is 11.6. The number of hydrogen-bond donors (Lipinski definition) is 1. The van der Waals surface area contributed by atoms with Crippen molar-refractivity contribution in [2.24, 2.45) is 34.4 Å². The van der Waals surface area contributed by atoms with Gasteiger partial charge in [-0.1, -0.05) is 71.4 Å². The van der Waals surface area contributed by atoms with Gasteiger partial charge in [-0.05, 0) is 49.6 Å². The average Bonchev–Trinajstić information content (AvgIpc) is 3.73. The number of ketones is 1. The second-order valence-electron chi connectivity index (χ2n) is 18.0. The molecule has 0 aliphatic carbocycles.